The first-order chi connectivity index (χ1) is 12.5. The van der Waals surface area contributed by atoms with Crippen LogP contribution in [0.1, 0.15) is 11.1 Å². The second-order valence-electron chi connectivity index (χ2n) is 7.28. The molecule has 3 rings (SSSR count). The summed E-state index contributed by atoms with van der Waals surface area (Å²) in [5, 5.41) is 0. The van der Waals surface area contributed by atoms with Crippen LogP contribution in [-0.2, 0) is 13.1 Å². The van der Waals surface area contributed by atoms with E-state index in [1.165, 1.54) is 11.1 Å². The Balaban J connectivity index is 0.00000196. The topological polar surface area (TPSA) is 19.4 Å². The fourth-order valence-corrected chi connectivity index (χ4v) is 3.05. The minimum atomic E-state index is 0. The van der Waals surface area contributed by atoms with E-state index in [0.717, 1.165) is 35.6 Å². The molecule has 0 N–H and O–H groups in total. The lowest BCUT2D eigenvalue weighted by atomic mass is 10.1. The summed E-state index contributed by atoms with van der Waals surface area (Å²) in [6, 6.07) is 23.6. The predicted octanol–water partition coefficient (Wildman–Crippen LogP) is 5.69. The normalized spacial score (nSPS) is 10.5. The highest BCUT2D eigenvalue weighted by atomic mass is 79.9. The minimum absolute atomic E-state index is 0. The van der Waals surface area contributed by atoms with E-state index in [4.69, 9.17) is 4.98 Å². The average Bonchev–Trinajstić information content (AvgIpc) is 2.62. The van der Waals surface area contributed by atoms with Crippen molar-refractivity contribution < 1.29 is 0 Å². The van der Waals surface area contributed by atoms with Crippen molar-refractivity contribution in [2.75, 3.05) is 28.2 Å². The Morgan fingerprint density at radius 3 is 1.25 bits per heavy atom. The van der Waals surface area contributed by atoms with Gasteiger partial charge in [-0.3, -0.25) is 0 Å². The van der Waals surface area contributed by atoms with E-state index in [1.807, 2.05) is 0 Å². The van der Waals surface area contributed by atoms with Crippen molar-refractivity contribution in [2.24, 2.45) is 0 Å². The Kier molecular flexibility index (Phi) is 10.0. The Hall–Kier alpha value is -1.53. The molecule has 0 amide bonds. The van der Waals surface area contributed by atoms with Crippen molar-refractivity contribution in [3.8, 4) is 22.5 Å². The van der Waals surface area contributed by atoms with Gasteiger partial charge in [-0.15, -0.1) is 34.0 Å². The molecule has 0 radical (unpaired) electrons. The summed E-state index contributed by atoms with van der Waals surface area (Å²) in [5.41, 5.74) is 6.95. The van der Waals surface area contributed by atoms with E-state index < -0.39 is 0 Å². The van der Waals surface area contributed by atoms with Gasteiger partial charge in [-0.25, -0.2) is 4.98 Å². The summed E-state index contributed by atoms with van der Waals surface area (Å²) >= 11 is 0. The van der Waals surface area contributed by atoms with Gasteiger partial charge in [0.1, 0.15) is 0 Å². The lowest BCUT2D eigenvalue weighted by molar-refractivity contribution is 0.402. The molecule has 5 heteroatoms. The number of hydrogen-bond acceptors (Lipinski definition) is 3. The fourth-order valence-electron chi connectivity index (χ4n) is 3.05. The molecule has 1 aromatic heterocycles. The molecule has 2 aromatic carbocycles. The number of benzene rings is 2. The van der Waals surface area contributed by atoms with Crippen molar-refractivity contribution in [2.45, 2.75) is 13.1 Å². The highest BCUT2D eigenvalue weighted by Crippen LogP contribution is 2.23. The summed E-state index contributed by atoms with van der Waals surface area (Å²) in [7, 11) is 8.34. The number of pyridine rings is 1. The van der Waals surface area contributed by atoms with Gasteiger partial charge in [0.2, 0.25) is 0 Å². The van der Waals surface area contributed by atoms with Crippen LogP contribution < -0.4 is 0 Å². The third-order valence-electron chi connectivity index (χ3n) is 4.25. The largest absolute Gasteiger partial charge is 0.305 e. The van der Waals surface area contributed by atoms with Gasteiger partial charge in [-0.1, -0.05) is 54.6 Å². The van der Waals surface area contributed by atoms with Gasteiger partial charge in [0.05, 0.1) is 11.4 Å². The molecule has 3 nitrogen and oxygen atoms in total. The first-order valence-corrected chi connectivity index (χ1v) is 8.96. The van der Waals surface area contributed by atoms with E-state index in [9.17, 15) is 0 Å². The van der Waals surface area contributed by atoms with Crippen LogP contribution in [0, 0.1) is 0 Å². The van der Waals surface area contributed by atoms with Crippen LogP contribution in [0.4, 0.5) is 0 Å². The number of halogens is 2. The first kappa shape index (κ1) is 24.5. The molecule has 0 fully saturated rings. The minimum Gasteiger partial charge on any atom is -0.305 e. The molecule has 0 aliphatic carbocycles. The summed E-state index contributed by atoms with van der Waals surface area (Å²) < 4.78 is 0. The van der Waals surface area contributed by atoms with Crippen LogP contribution in [0.15, 0.2) is 66.7 Å². The van der Waals surface area contributed by atoms with E-state index >= 15 is 0 Å². The number of rotatable bonds is 6. The van der Waals surface area contributed by atoms with Crippen LogP contribution in [0.5, 0.6) is 0 Å². The highest BCUT2D eigenvalue weighted by molar-refractivity contribution is 8.93. The molecule has 0 aliphatic heterocycles. The maximum absolute atomic E-state index is 4.87. The lowest BCUT2D eigenvalue weighted by Gasteiger charge is -2.11. The summed E-state index contributed by atoms with van der Waals surface area (Å²) in [4.78, 5) is 9.22. The van der Waals surface area contributed by atoms with Crippen molar-refractivity contribution in [3.63, 3.8) is 0 Å². The number of hydrogen-bond donors (Lipinski definition) is 0. The van der Waals surface area contributed by atoms with E-state index in [2.05, 4.69) is 105 Å². The average molecular weight is 507 g/mol. The Morgan fingerprint density at radius 2 is 0.929 bits per heavy atom. The van der Waals surface area contributed by atoms with Gasteiger partial charge in [0.15, 0.2) is 0 Å². The zero-order valence-electron chi connectivity index (χ0n) is 16.9. The van der Waals surface area contributed by atoms with E-state index in [1.54, 1.807) is 0 Å². The lowest BCUT2D eigenvalue weighted by Crippen LogP contribution is -2.10. The maximum Gasteiger partial charge on any atom is 0.0709 e. The van der Waals surface area contributed by atoms with Crippen LogP contribution in [0.25, 0.3) is 22.5 Å². The van der Waals surface area contributed by atoms with E-state index in [0.29, 0.717) is 0 Å². The van der Waals surface area contributed by atoms with Gasteiger partial charge in [0, 0.05) is 24.2 Å². The zero-order chi connectivity index (χ0) is 18.5. The Labute approximate surface area is 189 Å². The SMILES string of the molecule is Br.Br.CN(C)Cc1ccc(-c2cccc(-c3ccc(CN(C)C)cc3)n2)cc1. The maximum atomic E-state index is 4.87. The first-order valence-electron chi connectivity index (χ1n) is 8.96. The monoisotopic (exact) mass is 505 g/mol. The third kappa shape index (κ3) is 6.82. The van der Waals surface area contributed by atoms with Crippen molar-refractivity contribution in [3.05, 3.63) is 77.9 Å². The highest BCUT2D eigenvalue weighted by Gasteiger charge is 2.05. The van der Waals surface area contributed by atoms with Crippen LogP contribution in [0.2, 0.25) is 0 Å². The van der Waals surface area contributed by atoms with Gasteiger partial charge in [-0.05, 0) is 51.5 Å². The molecule has 0 atom stereocenters. The van der Waals surface area contributed by atoms with Gasteiger partial charge in [-0.2, -0.15) is 0 Å². The van der Waals surface area contributed by atoms with Gasteiger partial charge < -0.3 is 9.80 Å². The molecule has 0 saturated carbocycles. The molecular weight excluding hydrogens is 478 g/mol. The second kappa shape index (κ2) is 11.5. The van der Waals surface area contributed by atoms with Crippen molar-refractivity contribution in [1.82, 2.24) is 14.8 Å². The van der Waals surface area contributed by atoms with Crippen molar-refractivity contribution in [1.29, 1.82) is 0 Å². The summed E-state index contributed by atoms with van der Waals surface area (Å²) in [6.07, 6.45) is 0. The molecule has 0 unspecified atom stereocenters. The fraction of sp³-hybridized carbons (Fsp3) is 0.261. The van der Waals surface area contributed by atoms with Crippen molar-refractivity contribution >= 4 is 34.0 Å². The quantitative estimate of drug-likeness (QED) is 0.427. The number of nitrogens with zero attached hydrogens (tertiary/aromatic N) is 3. The molecule has 150 valence electrons. The molecular formula is C23H29Br2N3. The predicted molar refractivity (Wildman–Crippen MR) is 131 cm³/mol. The standard InChI is InChI=1S/C23H27N3.2BrH/c1-25(2)16-18-8-12-20(13-9-18)22-6-5-7-23(24-22)21-14-10-19(11-15-21)17-26(3)4;;/h5-15H,16-17H2,1-4H3;2*1H. The summed E-state index contributed by atoms with van der Waals surface area (Å²) in [5.74, 6) is 0. The van der Waals surface area contributed by atoms with E-state index in [-0.39, 0.29) is 34.0 Å². The molecule has 0 saturated heterocycles. The number of aromatic nitrogens is 1. The van der Waals surface area contributed by atoms with Crippen LogP contribution >= 0.6 is 34.0 Å². The smallest absolute Gasteiger partial charge is 0.0709 e. The molecule has 1 heterocycles. The van der Waals surface area contributed by atoms with Gasteiger partial charge >= 0.3 is 0 Å². The Bertz CT molecular complexity index is 776. The molecule has 28 heavy (non-hydrogen) atoms. The van der Waals surface area contributed by atoms with Crippen LogP contribution in [-0.4, -0.2) is 43.0 Å². The molecule has 0 spiro atoms. The molecule has 0 bridgehead atoms. The van der Waals surface area contributed by atoms with Crippen LogP contribution in [0.3, 0.4) is 0 Å². The summed E-state index contributed by atoms with van der Waals surface area (Å²) in [6.45, 7) is 1.90. The van der Waals surface area contributed by atoms with Gasteiger partial charge in [0.25, 0.3) is 0 Å². The third-order valence-corrected chi connectivity index (χ3v) is 4.25. The zero-order valence-corrected chi connectivity index (χ0v) is 20.3. The Morgan fingerprint density at radius 1 is 0.571 bits per heavy atom. The molecule has 3 aromatic rings. The second-order valence-corrected chi connectivity index (χ2v) is 7.28. The molecule has 0 aliphatic rings.